The summed E-state index contributed by atoms with van der Waals surface area (Å²) >= 11 is 0. The van der Waals surface area contributed by atoms with Crippen LogP contribution in [-0.4, -0.2) is 15.6 Å². The Morgan fingerprint density at radius 2 is 2.25 bits per heavy atom. The summed E-state index contributed by atoms with van der Waals surface area (Å²) in [7, 11) is 0. The van der Waals surface area contributed by atoms with Gasteiger partial charge in [0.1, 0.15) is 0 Å². The Labute approximate surface area is 98.3 Å². The van der Waals surface area contributed by atoms with E-state index in [1.807, 2.05) is 6.20 Å². The molecule has 1 aromatic rings. The van der Waals surface area contributed by atoms with Gasteiger partial charge in [-0.25, -0.2) is 4.98 Å². The van der Waals surface area contributed by atoms with Crippen LogP contribution in [0.5, 0.6) is 0 Å². The van der Waals surface area contributed by atoms with Crippen LogP contribution < -0.4 is 5.32 Å². The van der Waals surface area contributed by atoms with Gasteiger partial charge in [0.2, 0.25) is 5.95 Å². The molecule has 0 saturated heterocycles. The van der Waals surface area contributed by atoms with Gasteiger partial charge in [-0.15, -0.1) is 0 Å². The maximum atomic E-state index is 4.36. The van der Waals surface area contributed by atoms with Crippen LogP contribution in [-0.2, 0) is 6.54 Å². The number of hydrogen-bond donors (Lipinski definition) is 1. The van der Waals surface area contributed by atoms with Crippen molar-refractivity contribution in [2.45, 2.75) is 58.5 Å². The van der Waals surface area contributed by atoms with E-state index in [2.05, 4.69) is 34.9 Å². The summed E-state index contributed by atoms with van der Waals surface area (Å²) < 4.78 is 2.25. The van der Waals surface area contributed by atoms with Gasteiger partial charge in [0.15, 0.2) is 0 Å². The zero-order valence-electron chi connectivity index (χ0n) is 10.4. The van der Waals surface area contributed by atoms with E-state index in [4.69, 9.17) is 0 Å². The topological polar surface area (TPSA) is 29.9 Å². The van der Waals surface area contributed by atoms with Gasteiger partial charge >= 0.3 is 0 Å². The molecule has 1 aliphatic carbocycles. The standard InChI is InChI=1S/C13H23N3/c1-11(2)5-3-4-9-16-10-8-14-13(16)15-12-6-7-12/h8,10-12H,3-7,9H2,1-2H3,(H,14,15). The van der Waals surface area contributed by atoms with Gasteiger partial charge < -0.3 is 9.88 Å². The van der Waals surface area contributed by atoms with Crippen LogP contribution in [0.1, 0.15) is 46.0 Å². The highest BCUT2D eigenvalue weighted by Crippen LogP contribution is 2.23. The van der Waals surface area contributed by atoms with Crippen molar-refractivity contribution >= 4 is 5.95 Å². The second kappa shape index (κ2) is 5.37. The Kier molecular flexibility index (Phi) is 3.86. The third kappa shape index (κ3) is 3.54. The first-order valence-electron chi connectivity index (χ1n) is 6.53. The highest BCUT2D eigenvalue weighted by Gasteiger charge is 2.22. The van der Waals surface area contributed by atoms with Crippen LogP contribution in [0.3, 0.4) is 0 Å². The summed E-state index contributed by atoms with van der Waals surface area (Å²) in [4.78, 5) is 4.36. The lowest BCUT2D eigenvalue weighted by molar-refractivity contribution is 0.510. The lowest BCUT2D eigenvalue weighted by Gasteiger charge is -2.09. The Morgan fingerprint density at radius 3 is 2.94 bits per heavy atom. The second-order valence-corrected chi connectivity index (χ2v) is 5.25. The van der Waals surface area contributed by atoms with E-state index >= 15 is 0 Å². The largest absolute Gasteiger partial charge is 0.353 e. The summed E-state index contributed by atoms with van der Waals surface area (Å²) in [6, 6.07) is 0.691. The van der Waals surface area contributed by atoms with Gasteiger partial charge in [-0.05, 0) is 25.2 Å². The minimum absolute atomic E-state index is 0.691. The number of hydrogen-bond acceptors (Lipinski definition) is 2. The fourth-order valence-corrected chi connectivity index (χ4v) is 1.87. The Morgan fingerprint density at radius 1 is 1.44 bits per heavy atom. The number of unbranched alkanes of at least 4 members (excludes halogenated alkanes) is 1. The van der Waals surface area contributed by atoms with E-state index in [9.17, 15) is 0 Å². The number of nitrogens with one attached hydrogen (secondary N) is 1. The third-order valence-corrected chi connectivity index (χ3v) is 3.06. The molecular weight excluding hydrogens is 198 g/mol. The molecular formula is C13H23N3. The molecule has 1 heterocycles. The van der Waals surface area contributed by atoms with Crippen LogP contribution in [0.2, 0.25) is 0 Å². The predicted octanol–water partition coefficient (Wildman–Crippen LogP) is 3.28. The smallest absolute Gasteiger partial charge is 0.202 e. The summed E-state index contributed by atoms with van der Waals surface area (Å²) in [5.74, 6) is 1.89. The zero-order chi connectivity index (χ0) is 11.4. The van der Waals surface area contributed by atoms with Crippen molar-refractivity contribution in [3.63, 3.8) is 0 Å². The van der Waals surface area contributed by atoms with Gasteiger partial charge in [0.05, 0.1) is 0 Å². The molecule has 0 amide bonds. The number of aromatic nitrogens is 2. The molecule has 0 bridgehead atoms. The third-order valence-electron chi connectivity index (χ3n) is 3.06. The van der Waals surface area contributed by atoms with Crippen LogP contribution in [0.15, 0.2) is 12.4 Å². The number of aryl methyl sites for hydroxylation is 1. The molecule has 0 radical (unpaired) electrons. The van der Waals surface area contributed by atoms with Gasteiger partial charge in [0.25, 0.3) is 0 Å². The molecule has 1 N–H and O–H groups in total. The van der Waals surface area contributed by atoms with E-state index in [1.165, 1.54) is 32.1 Å². The highest BCUT2D eigenvalue weighted by molar-refractivity contribution is 5.29. The zero-order valence-corrected chi connectivity index (χ0v) is 10.4. The monoisotopic (exact) mass is 221 g/mol. The van der Waals surface area contributed by atoms with Crippen molar-refractivity contribution in [3.8, 4) is 0 Å². The molecule has 0 aliphatic heterocycles. The molecule has 3 nitrogen and oxygen atoms in total. The van der Waals surface area contributed by atoms with Crippen molar-refractivity contribution < 1.29 is 0 Å². The summed E-state index contributed by atoms with van der Waals surface area (Å²) in [5.41, 5.74) is 0. The van der Waals surface area contributed by atoms with Gasteiger partial charge in [-0.1, -0.05) is 26.7 Å². The van der Waals surface area contributed by atoms with Crippen molar-refractivity contribution in [2.24, 2.45) is 5.92 Å². The van der Waals surface area contributed by atoms with Gasteiger partial charge in [-0.2, -0.15) is 0 Å². The summed E-state index contributed by atoms with van der Waals surface area (Å²) in [5, 5.41) is 3.47. The molecule has 16 heavy (non-hydrogen) atoms. The molecule has 0 spiro atoms. The number of anilines is 1. The normalized spacial score (nSPS) is 15.7. The van der Waals surface area contributed by atoms with E-state index in [0.29, 0.717) is 6.04 Å². The molecule has 2 rings (SSSR count). The average molecular weight is 221 g/mol. The molecule has 1 aromatic heterocycles. The maximum Gasteiger partial charge on any atom is 0.202 e. The quantitative estimate of drug-likeness (QED) is 0.716. The van der Waals surface area contributed by atoms with Crippen LogP contribution in [0.4, 0.5) is 5.95 Å². The maximum absolute atomic E-state index is 4.36. The molecule has 0 atom stereocenters. The van der Waals surface area contributed by atoms with E-state index in [-0.39, 0.29) is 0 Å². The van der Waals surface area contributed by atoms with Crippen molar-refractivity contribution in [3.05, 3.63) is 12.4 Å². The molecule has 1 aliphatic rings. The molecule has 0 unspecified atom stereocenters. The minimum atomic E-state index is 0.691. The van der Waals surface area contributed by atoms with E-state index in [0.717, 1.165) is 18.4 Å². The van der Waals surface area contributed by atoms with Crippen LogP contribution in [0, 0.1) is 5.92 Å². The molecule has 1 fully saturated rings. The minimum Gasteiger partial charge on any atom is -0.353 e. The molecule has 3 heteroatoms. The molecule has 0 aromatic carbocycles. The first-order chi connectivity index (χ1) is 7.75. The summed E-state index contributed by atoms with van der Waals surface area (Å²) in [6.45, 7) is 5.68. The van der Waals surface area contributed by atoms with E-state index in [1.54, 1.807) is 0 Å². The molecule has 90 valence electrons. The number of rotatable bonds is 7. The van der Waals surface area contributed by atoms with Gasteiger partial charge in [-0.3, -0.25) is 0 Å². The lowest BCUT2D eigenvalue weighted by atomic mass is 10.1. The first-order valence-corrected chi connectivity index (χ1v) is 6.53. The van der Waals surface area contributed by atoms with Crippen LogP contribution in [0.25, 0.3) is 0 Å². The van der Waals surface area contributed by atoms with Gasteiger partial charge in [0, 0.05) is 25.0 Å². The van der Waals surface area contributed by atoms with Crippen molar-refractivity contribution in [1.29, 1.82) is 0 Å². The number of nitrogens with zero attached hydrogens (tertiary/aromatic N) is 2. The fourth-order valence-electron chi connectivity index (χ4n) is 1.87. The van der Waals surface area contributed by atoms with Crippen LogP contribution >= 0.6 is 0 Å². The first kappa shape index (κ1) is 11.5. The average Bonchev–Trinajstić information content (AvgIpc) is 2.93. The van der Waals surface area contributed by atoms with Crippen molar-refractivity contribution in [1.82, 2.24) is 9.55 Å². The summed E-state index contributed by atoms with van der Waals surface area (Å²) in [6.07, 6.45) is 10.5. The number of imidazole rings is 1. The fraction of sp³-hybridized carbons (Fsp3) is 0.769. The second-order valence-electron chi connectivity index (χ2n) is 5.25. The Bertz CT molecular complexity index is 313. The predicted molar refractivity (Wildman–Crippen MR) is 67.6 cm³/mol. The Balaban J connectivity index is 1.72. The van der Waals surface area contributed by atoms with Crippen molar-refractivity contribution in [2.75, 3.05) is 5.32 Å². The highest BCUT2D eigenvalue weighted by atomic mass is 15.2. The lowest BCUT2D eigenvalue weighted by Crippen LogP contribution is -2.09. The molecule has 1 saturated carbocycles. The van der Waals surface area contributed by atoms with E-state index < -0.39 is 0 Å². The Hall–Kier alpha value is -0.990. The SMILES string of the molecule is CC(C)CCCCn1ccnc1NC1CC1.